The van der Waals surface area contributed by atoms with E-state index in [2.05, 4.69) is 32.4 Å². The van der Waals surface area contributed by atoms with Crippen LogP contribution in [0.5, 0.6) is 0 Å². The molecule has 0 atom stereocenters. The molecule has 0 radical (unpaired) electrons. The molecular formula is C15H13N5S. The summed E-state index contributed by atoms with van der Waals surface area (Å²) in [4.78, 5) is 14.3. The minimum absolute atomic E-state index is 0.255. The lowest BCUT2D eigenvalue weighted by molar-refractivity contribution is 1.18. The van der Waals surface area contributed by atoms with Crippen molar-refractivity contribution in [2.75, 3.05) is 11.1 Å². The molecule has 2 heterocycles. The van der Waals surface area contributed by atoms with Gasteiger partial charge in [-0.15, -0.1) is 0 Å². The van der Waals surface area contributed by atoms with Crippen molar-refractivity contribution in [1.29, 1.82) is 0 Å². The van der Waals surface area contributed by atoms with Crippen LogP contribution in [-0.4, -0.2) is 15.0 Å². The van der Waals surface area contributed by atoms with Crippen LogP contribution in [-0.2, 0) is 0 Å². The predicted molar refractivity (Wildman–Crippen MR) is 84.5 cm³/mol. The molecule has 0 saturated heterocycles. The van der Waals surface area contributed by atoms with Gasteiger partial charge in [0, 0.05) is 34.1 Å². The molecule has 0 fully saturated rings. The summed E-state index contributed by atoms with van der Waals surface area (Å²) in [6.45, 7) is 0. The quantitative estimate of drug-likeness (QED) is 0.768. The van der Waals surface area contributed by atoms with Gasteiger partial charge in [0.25, 0.3) is 0 Å². The number of benzene rings is 1. The molecule has 3 aromatic rings. The summed E-state index contributed by atoms with van der Waals surface area (Å²) in [6, 6.07) is 13.9. The first-order valence-corrected chi connectivity index (χ1v) is 7.15. The largest absolute Gasteiger partial charge is 0.368 e. The standard InChI is InChI=1S/C15H13N5S/c16-15-18-10-7-14(20-15)19-11-1-3-12(4-2-11)21-13-5-8-17-9-6-13/h1-10H,(H3,16,18,19,20). The highest BCUT2D eigenvalue weighted by Crippen LogP contribution is 2.28. The molecule has 104 valence electrons. The highest BCUT2D eigenvalue weighted by molar-refractivity contribution is 7.99. The van der Waals surface area contributed by atoms with Crippen molar-refractivity contribution in [2.45, 2.75) is 9.79 Å². The maximum Gasteiger partial charge on any atom is 0.221 e. The molecule has 2 aromatic heterocycles. The molecule has 0 aliphatic rings. The Balaban J connectivity index is 1.69. The first kappa shape index (κ1) is 13.4. The van der Waals surface area contributed by atoms with Crippen LogP contribution in [0, 0.1) is 0 Å². The third-order valence-electron chi connectivity index (χ3n) is 2.69. The van der Waals surface area contributed by atoms with Crippen LogP contribution in [0.3, 0.4) is 0 Å². The van der Waals surface area contributed by atoms with Gasteiger partial charge in [0.05, 0.1) is 0 Å². The summed E-state index contributed by atoms with van der Waals surface area (Å²) in [5, 5.41) is 3.19. The number of nitrogen functional groups attached to an aromatic ring is 1. The molecule has 0 bridgehead atoms. The number of rotatable bonds is 4. The van der Waals surface area contributed by atoms with E-state index >= 15 is 0 Å². The lowest BCUT2D eigenvalue weighted by Crippen LogP contribution is -1.98. The van der Waals surface area contributed by atoms with Gasteiger partial charge < -0.3 is 11.1 Å². The molecule has 0 saturated carbocycles. The van der Waals surface area contributed by atoms with Crippen LogP contribution < -0.4 is 11.1 Å². The Hall–Kier alpha value is -2.60. The topological polar surface area (TPSA) is 76.7 Å². The fourth-order valence-electron chi connectivity index (χ4n) is 1.74. The second-order valence-electron chi connectivity index (χ2n) is 4.23. The fourth-order valence-corrected chi connectivity index (χ4v) is 2.54. The molecule has 21 heavy (non-hydrogen) atoms. The van der Waals surface area contributed by atoms with E-state index in [0.29, 0.717) is 5.82 Å². The van der Waals surface area contributed by atoms with Crippen molar-refractivity contribution in [3.8, 4) is 0 Å². The van der Waals surface area contributed by atoms with Gasteiger partial charge in [-0.1, -0.05) is 11.8 Å². The first-order valence-electron chi connectivity index (χ1n) is 6.33. The van der Waals surface area contributed by atoms with Gasteiger partial charge >= 0.3 is 0 Å². The predicted octanol–water partition coefficient (Wildman–Crippen LogP) is 3.35. The Bertz CT molecular complexity index is 716. The average Bonchev–Trinajstić information content (AvgIpc) is 2.50. The number of pyridine rings is 1. The third-order valence-corrected chi connectivity index (χ3v) is 3.70. The normalized spacial score (nSPS) is 10.3. The van der Waals surface area contributed by atoms with Crippen molar-refractivity contribution in [2.24, 2.45) is 0 Å². The van der Waals surface area contributed by atoms with Crippen LogP contribution in [0.15, 0.2) is 70.8 Å². The summed E-state index contributed by atoms with van der Waals surface area (Å²) in [5.41, 5.74) is 6.50. The van der Waals surface area contributed by atoms with E-state index in [1.807, 2.05) is 24.3 Å². The summed E-state index contributed by atoms with van der Waals surface area (Å²) in [5.74, 6) is 0.932. The highest BCUT2D eigenvalue weighted by Gasteiger charge is 2.00. The van der Waals surface area contributed by atoms with E-state index in [9.17, 15) is 0 Å². The number of nitrogens with two attached hydrogens (primary N) is 1. The van der Waals surface area contributed by atoms with Gasteiger partial charge in [0.2, 0.25) is 5.95 Å². The minimum atomic E-state index is 0.255. The Morgan fingerprint density at radius 2 is 1.57 bits per heavy atom. The zero-order chi connectivity index (χ0) is 14.5. The van der Waals surface area contributed by atoms with Crippen molar-refractivity contribution in [3.63, 3.8) is 0 Å². The number of hydrogen-bond acceptors (Lipinski definition) is 6. The molecule has 5 nitrogen and oxygen atoms in total. The second kappa shape index (κ2) is 6.23. The molecule has 0 aliphatic carbocycles. The number of anilines is 3. The van der Waals surface area contributed by atoms with Gasteiger partial charge in [-0.05, 0) is 42.5 Å². The van der Waals surface area contributed by atoms with Crippen LogP contribution in [0.4, 0.5) is 17.5 Å². The maximum absolute atomic E-state index is 5.55. The number of nitrogens with zero attached hydrogens (tertiary/aromatic N) is 3. The zero-order valence-corrected chi connectivity index (χ0v) is 11.9. The number of hydrogen-bond donors (Lipinski definition) is 2. The van der Waals surface area contributed by atoms with E-state index in [1.54, 1.807) is 36.4 Å². The van der Waals surface area contributed by atoms with Crippen LogP contribution in [0.1, 0.15) is 0 Å². The Kier molecular flexibility index (Phi) is 3.97. The molecule has 6 heteroatoms. The Morgan fingerprint density at radius 1 is 0.857 bits per heavy atom. The lowest BCUT2D eigenvalue weighted by Gasteiger charge is -2.07. The maximum atomic E-state index is 5.55. The van der Waals surface area contributed by atoms with Crippen molar-refractivity contribution in [3.05, 3.63) is 61.1 Å². The summed E-state index contributed by atoms with van der Waals surface area (Å²) in [7, 11) is 0. The Labute approximate surface area is 126 Å². The Morgan fingerprint density at radius 3 is 2.29 bits per heavy atom. The number of nitrogens with one attached hydrogen (secondary N) is 1. The fraction of sp³-hybridized carbons (Fsp3) is 0. The monoisotopic (exact) mass is 295 g/mol. The molecule has 3 N–H and O–H groups in total. The third kappa shape index (κ3) is 3.70. The van der Waals surface area contributed by atoms with Gasteiger partial charge in [0.1, 0.15) is 5.82 Å². The van der Waals surface area contributed by atoms with E-state index < -0.39 is 0 Å². The van der Waals surface area contributed by atoms with Crippen LogP contribution in [0.25, 0.3) is 0 Å². The minimum Gasteiger partial charge on any atom is -0.368 e. The van der Waals surface area contributed by atoms with Crippen molar-refractivity contribution >= 4 is 29.2 Å². The lowest BCUT2D eigenvalue weighted by atomic mass is 10.3. The van der Waals surface area contributed by atoms with Gasteiger partial charge in [-0.25, -0.2) is 4.98 Å². The van der Waals surface area contributed by atoms with E-state index in [4.69, 9.17) is 5.73 Å². The van der Waals surface area contributed by atoms with E-state index in [1.165, 1.54) is 0 Å². The molecule has 0 unspecified atom stereocenters. The van der Waals surface area contributed by atoms with Crippen molar-refractivity contribution in [1.82, 2.24) is 15.0 Å². The highest BCUT2D eigenvalue weighted by atomic mass is 32.2. The number of aromatic nitrogens is 3. The van der Waals surface area contributed by atoms with Crippen molar-refractivity contribution < 1.29 is 0 Å². The SMILES string of the molecule is Nc1nccc(Nc2ccc(Sc3ccncc3)cc2)n1. The second-order valence-corrected chi connectivity index (χ2v) is 5.38. The summed E-state index contributed by atoms with van der Waals surface area (Å²) >= 11 is 1.69. The molecule has 3 rings (SSSR count). The molecule has 0 amide bonds. The molecule has 1 aromatic carbocycles. The smallest absolute Gasteiger partial charge is 0.221 e. The molecule has 0 spiro atoms. The zero-order valence-electron chi connectivity index (χ0n) is 11.1. The summed E-state index contributed by atoms with van der Waals surface area (Å²) in [6.07, 6.45) is 5.20. The van der Waals surface area contributed by atoms with Crippen LogP contribution >= 0.6 is 11.8 Å². The van der Waals surface area contributed by atoms with E-state index in [-0.39, 0.29) is 5.95 Å². The van der Waals surface area contributed by atoms with Gasteiger partial charge in [-0.3, -0.25) is 4.98 Å². The van der Waals surface area contributed by atoms with Gasteiger partial charge in [0.15, 0.2) is 0 Å². The molecular weight excluding hydrogens is 282 g/mol. The average molecular weight is 295 g/mol. The van der Waals surface area contributed by atoms with Gasteiger partial charge in [-0.2, -0.15) is 4.98 Å². The first-order chi connectivity index (χ1) is 10.3. The summed E-state index contributed by atoms with van der Waals surface area (Å²) < 4.78 is 0. The van der Waals surface area contributed by atoms with Crippen LogP contribution in [0.2, 0.25) is 0 Å². The molecule has 0 aliphatic heterocycles. The van der Waals surface area contributed by atoms with E-state index in [0.717, 1.165) is 15.5 Å².